The van der Waals surface area contributed by atoms with Crippen LogP contribution in [0.5, 0.6) is 5.75 Å². The van der Waals surface area contributed by atoms with Gasteiger partial charge in [0.15, 0.2) is 6.10 Å². The first-order valence-corrected chi connectivity index (χ1v) is 7.11. The maximum atomic E-state index is 12.1. The molecule has 0 heterocycles. The lowest BCUT2D eigenvalue weighted by Gasteiger charge is -2.15. The fourth-order valence-corrected chi connectivity index (χ4v) is 1.98. The molecule has 2 aromatic carbocycles. The molecule has 0 saturated carbocycles. The molecule has 22 heavy (non-hydrogen) atoms. The van der Waals surface area contributed by atoms with Crippen LogP contribution in [-0.2, 0) is 4.79 Å². The Bertz CT molecular complexity index is 738. The van der Waals surface area contributed by atoms with E-state index in [-0.39, 0.29) is 5.91 Å². The fraction of sp³-hybridized carbons (Fsp3) is 0.176. The van der Waals surface area contributed by atoms with Gasteiger partial charge in [-0.3, -0.25) is 4.79 Å². The Hall–Kier alpha value is -2.51. The number of aryl methyl sites for hydroxylation is 1. The number of halogens is 1. The second kappa shape index (κ2) is 6.97. The molecule has 2 aromatic rings. The van der Waals surface area contributed by atoms with Crippen molar-refractivity contribution >= 4 is 23.2 Å². The van der Waals surface area contributed by atoms with Gasteiger partial charge in [0.25, 0.3) is 5.91 Å². The third-order valence-corrected chi connectivity index (χ3v) is 3.49. The summed E-state index contributed by atoms with van der Waals surface area (Å²) in [5, 5.41) is 12.2. The van der Waals surface area contributed by atoms with E-state index in [2.05, 4.69) is 5.32 Å². The highest BCUT2D eigenvalue weighted by atomic mass is 35.5. The molecule has 1 amide bonds. The Morgan fingerprint density at radius 3 is 2.77 bits per heavy atom. The molecular weight excluding hydrogens is 300 g/mol. The van der Waals surface area contributed by atoms with Crippen LogP contribution in [0.15, 0.2) is 42.5 Å². The zero-order valence-electron chi connectivity index (χ0n) is 12.3. The van der Waals surface area contributed by atoms with Crippen molar-refractivity contribution in [1.29, 1.82) is 5.26 Å². The van der Waals surface area contributed by atoms with Crippen LogP contribution < -0.4 is 10.1 Å². The molecule has 0 radical (unpaired) electrons. The normalized spacial score (nSPS) is 11.4. The summed E-state index contributed by atoms with van der Waals surface area (Å²) in [6, 6.07) is 14.0. The van der Waals surface area contributed by atoms with Gasteiger partial charge in [-0.25, -0.2) is 0 Å². The van der Waals surface area contributed by atoms with E-state index in [0.717, 1.165) is 5.56 Å². The lowest BCUT2D eigenvalue weighted by molar-refractivity contribution is -0.122. The monoisotopic (exact) mass is 314 g/mol. The van der Waals surface area contributed by atoms with Crippen molar-refractivity contribution in [1.82, 2.24) is 0 Å². The quantitative estimate of drug-likeness (QED) is 0.930. The van der Waals surface area contributed by atoms with Gasteiger partial charge in [0.05, 0.1) is 11.6 Å². The number of anilines is 1. The number of nitrogens with zero attached hydrogens (tertiary/aromatic N) is 1. The van der Waals surface area contributed by atoms with Gasteiger partial charge in [-0.15, -0.1) is 0 Å². The zero-order chi connectivity index (χ0) is 16.1. The van der Waals surface area contributed by atoms with Crippen LogP contribution >= 0.6 is 11.6 Å². The predicted octanol–water partition coefficient (Wildman–Crippen LogP) is 3.93. The molecule has 112 valence electrons. The summed E-state index contributed by atoms with van der Waals surface area (Å²) in [5.41, 5.74) is 1.93. The minimum atomic E-state index is -0.675. The Morgan fingerprint density at radius 1 is 1.32 bits per heavy atom. The molecule has 0 aromatic heterocycles. The van der Waals surface area contributed by atoms with Crippen molar-refractivity contribution in [2.75, 3.05) is 5.32 Å². The van der Waals surface area contributed by atoms with E-state index in [1.54, 1.807) is 49.4 Å². The van der Waals surface area contributed by atoms with E-state index < -0.39 is 6.10 Å². The molecule has 0 unspecified atom stereocenters. The molecule has 0 aliphatic carbocycles. The van der Waals surface area contributed by atoms with E-state index in [0.29, 0.717) is 22.0 Å². The van der Waals surface area contributed by atoms with E-state index in [9.17, 15) is 4.79 Å². The predicted molar refractivity (Wildman–Crippen MR) is 86.1 cm³/mol. The van der Waals surface area contributed by atoms with Gasteiger partial charge in [0.1, 0.15) is 5.75 Å². The summed E-state index contributed by atoms with van der Waals surface area (Å²) in [6.45, 7) is 3.53. The Labute approximate surface area is 134 Å². The minimum absolute atomic E-state index is 0.289. The maximum absolute atomic E-state index is 12.1. The summed E-state index contributed by atoms with van der Waals surface area (Å²) in [4.78, 5) is 12.1. The smallest absolute Gasteiger partial charge is 0.265 e. The number of benzene rings is 2. The Kier molecular flexibility index (Phi) is 5.03. The van der Waals surface area contributed by atoms with Crippen molar-refractivity contribution in [3.8, 4) is 11.8 Å². The van der Waals surface area contributed by atoms with E-state index in [4.69, 9.17) is 21.6 Å². The molecule has 2 rings (SSSR count). The highest BCUT2D eigenvalue weighted by Crippen LogP contribution is 2.22. The van der Waals surface area contributed by atoms with Gasteiger partial charge in [-0.1, -0.05) is 17.7 Å². The summed E-state index contributed by atoms with van der Waals surface area (Å²) < 4.78 is 5.61. The van der Waals surface area contributed by atoms with Crippen LogP contribution in [0.3, 0.4) is 0 Å². The van der Waals surface area contributed by atoms with Gasteiger partial charge in [-0.2, -0.15) is 5.26 Å². The molecule has 0 fully saturated rings. The van der Waals surface area contributed by atoms with Gasteiger partial charge in [0, 0.05) is 10.7 Å². The van der Waals surface area contributed by atoms with Crippen LogP contribution in [0.2, 0.25) is 5.02 Å². The summed E-state index contributed by atoms with van der Waals surface area (Å²) in [6.07, 6.45) is -0.675. The molecule has 1 N–H and O–H groups in total. The maximum Gasteiger partial charge on any atom is 0.265 e. The third-order valence-electron chi connectivity index (χ3n) is 3.07. The number of hydrogen-bond donors (Lipinski definition) is 1. The minimum Gasteiger partial charge on any atom is -0.481 e. The van der Waals surface area contributed by atoms with E-state index in [1.807, 2.05) is 13.0 Å². The topological polar surface area (TPSA) is 62.1 Å². The summed E-state index contributed by atoms with van der Waals surface area (Å²) in [7, 11) is 0. The first-order valence-electron chi connectivity index (χ1n) is 6.73. The largest absolute Gasteiger partial charge is 0.481 e. The van der Waals surface area contributed by atoms with E-state index >= 15 is 0 Å². The first-order chi connectivity index (χ1) is 10.5. The van der Waals surface area contributed by atoms with Crippen molar-refractivity contribution in [2.45, 2.75) is 20.0 Å². The van der Waals surface area contributed by atoms with Crippen molar-refractivity contribution in [3.63, 3.8) is 0 Å². The van der Waals surface area contributed by atoms with Crippen molar-refractivity contribution < 1.29 is 9.53 Å². The highest BCUT2D eigenvalue weighted by molar-refractivity contribution is 6.31. The van der Waals surface area contributed by atoms with Gasteiger partial charge in [-0.05, 0) is 55.8 Å². The number of rotatable bonds is 4. The van der Waals surface area contributed by atoms with E-state index in [1.165, 1.54) is 0 Å². The SMILES string of the molecule is Cc1cc(O[C@H](C)C(=O)Nc2cccc(C#N)c2)ccc1Cl. The first kappa shape index (κ1) is 15.9. The highest BCUT2D eigenvalue weighted by Gasteiger charge is 2.15. The van der Waals surface area contributed by atoms with Crippen molar-refractivity contribution in [3.05, 3.63) is 58.6 Å². The number of hydrogen-bond acceptors (Lipinski definition) is 3. The lowest BCUT2D eigenvalue weighted by atomic mass is 10.2. The average molecular weight is 315 g/mol. The molecule has 0 spiro atoms. The molecule has 0 bridgehead atoms. The molecule has 0 saturated heterocycles. The van der Waals surface area contributed by atoms with Gasteiger partial charge < -0.3 is 10.1 Å². The van der Waals surface area contributed by atoms with Crippen LogP contribution in [0, 0.1) is 18.3 Å². The number of amides is 1. The zero-order valence-corrected chi connectivity index (χ0v) is 13.0. The summed E-state index contributed by atoms with van der Waals surface area (Å²) in [5.74, 6) is 0.290. The molecule has 5 heteroatoms. The molecule has 0 aliphatic rings. The number of nitriles is 1. The van der Waals surface area contributed by atoms with Crippen LogP contribution in [0.4, 0.5) is 5.69 Å². The number of carbonyl (C=O) groups is 1. The molecule has 0 aliphatic heterocycles. The second-order valence-corrected chi connectivity index (χ2v) is 5.26. The number of ether oxygens (including phenoxy) is 1. The Morgan fingerprint density at radius 2 is 2.09 bits per heavy atom. The number of nitrogens with one attached hydrogen (secondary N) is 1. The Balaban J connectivity index is 2.02. The van der Waals surface area contributed by atoms with Gasteiger partial charge in [0.2, 0.25) is 0 Å². The average Bonchev–Trinajstić information content (AvgIpc) is 2.51. The molecule has 4 nitrogen and oxygen atoms in total. The van der Waals surface area contributed by atoms with Gasteiger partial charge >= 0.3 is 0 Å². The van der Waals surface area contributed by atoms with Crippen LogP contribution in [0.1, 0.15) is 18.1 Å². The second-order valence-electron chi connectivity index (χ2n) is 4.85. The molecular formula is C17H15ClN2O2. The standard InChI is InChI=1S/C17H15ClN2O2/c1-11-8-15(6-7-16(11)18)22-12(2)17(21)20-14-5-3-4-13(9-14)10-19/h3-9,12H,1-2H3,(H,20,21)/t12-/m1/s1. The lowest BCUT2D eigenvalue weighted by Crippen LogP contribution is -2.30. The molecule has 1 atom stereocenters. The number of carbonyl (C=O) groups excluding carboxylic acids is 1. The van der Waals surface area contributed by atoms with Crippen LogP contribution in [0.25, 0.3) is 0 Å². The third kappa shape index (κ3) is 4.00. The van der Waals surface area contributed by atoms with Crippen LogP contribution in [-0.4, -0.2) is 12.0 Å². The van der Waals surface area contributed by atoms with Crippen molar-refractivity contribution in [2.24, 2.45) is 0 Å². The summed E-state index contributed by atoms with van der Waals surface area (Å²) >= 11 is 5.95. The fourth-order valence-electron chi connectivity index (χ4n) is 1.86.